The van der Waals surface area contributed by atoms with E-state index in [0.29, 0.717) is 12.5 Å². The van der Waals surface area contributed by atoms with Gasteiger partial charge in [-0.3, -0.25) is 9.69 Å². The van der Waals surface area contributed by atoms with Crippen LogP contribution in [-0.4, -0.2) is 48.2 Å². The first kappa shape index (κ1) is 17.4. The highest BCUT2D eigenvalue weighted by molar-refractivity contribution is 7.09. The third-order valence-electron chi connectivity index (χ3n) is 4.64. The Morgan fingerprint density at radius 2 is 2.33 bits per heavy atom. The minimum Gasteiger partial charge on any atom is -0.446 e. The molecule has 1 aromatic heterocycles. The molecular weight excluding hydrogens is 326 g/mol. The van der Waals surface area contributed by atoms with Gasteiger partial charge in [-0.2, -0.15) is 0 Å². The van der Waals surface area contributed by atoms with Gasteiger partial charge in [0.25, 0.3) is 0 Å². The first-order valence-electron chi connectivity index (χ1n) is 8.68. The Morgan fingerprint density at radius 3 is 3.04 bits per heavy atom. The van der Waals surface area contributed by atoms with Crippen molar-refractivity contribution in [3.05, 3.63) is 22.4 Å². The summed E-state index contributed by atoms with van der Waals surface area (Å²) in [5.74, 6) is 0.447. The predicted octanol–water partition coefficient (Wildman–Crippen LogP) is 3.27. The largest absolute Gasteiger partial charge is 0.446 e. The number of carbonyl (C=O) groups is 2. The maximum atomic E-state index is 12.6. The highest BCUT2D eigenvalue weighted by Crippen LogP contribution is 2.28. The molecule has 2 saturated heterocycles. The number of carbonyl (C=O) groups excluding carboxylic acids is 2. The van der Waals surface area contributed by atoms with Crippen LogP contribution in [0.3, 0.4) is 0 Å². The number of ketones is 1. The summed E-state index contributed by atoms with van der Waals surface area (Å²) in [5, 5.41) is 2.06. The summed E-state index contributed by atoms with van der Waals surface area (Å²) in [6, 6.07) is 3.72. The van der Waals surface area contributed by atoms with Gasteiger partial charge in [0.05, 0.1) is 6.10 Å². The molecule has 24 heavy (non-hydrogen) atoms. The molecule has 0 aromatic carbocycles. The van der Waals surface area contributed by atoms with E-state index in [4.69, 9.17) is 9.47 Å². The Hall–Kier alpha value is -1.40. The monoisotopic (exact) mass is 351 g/mol. The number of hydrogen-bond acceptors (Lipinski definition) is 5. The van der Waals surface area contributed by atoms with Crippen molar-refractivity contribution >= 4 is 23.2 Å². The van der Waals surface area contributed by atoms with Gasteiger partial charge in [-0.05, 0) is 43.0 Å². The molecule has 6 heteroatoms. The molecule has 3 atom stereocenters. The first-order valence-corrected chi connectivity index (χ1v) is 9.56. The molecule has 2 fully saturated rings. The molecule has 3 rings (SSSR count). The smallest absolute Gasteiger partial charge is 0.410 e. The quantitative estimate of drug-likeness (QED) is 0.789. The zero-order valence-corrected chi connectivity index (χ0v) is 15.1. The lowest BCUT2D eigenvalue weighted by Gasteiger charge is -2.26. The lowest BCUT2D eigenvalue weighted by atomic mass is 10.0. The number of ether oxygens (including phenoxy) is 2. The molecule has 1 unspecified atom stereocenters. The SMILES string of the molecule is CC(C)CC(CCc1cccs1)OC(=O)N1CC[C@H]2OCC(=O)[C@H]21. The highest BCUT2D eigenvalue weighted by atomic mass is 32.1. The average molecular weight is 351 g/mol. The molecule has 0 bridgehead atoms. The molecule has 0 aliphatic carbocycles. The number of thiophene rings is 1. The summed E-state index contributed by atoms with van der Waals surface area (Å²) in [5.41, 5.74) is 0. The topological polar surface area (TPSA) is 55.8 Å². The molecule has 1 aromatic rings. The van der Waals surface area contributed by atoms with Gasteiger partial charge in [0.1, 0.15) is 18.8 Å². The summed E-state index contributed by atoms with van der Waals surface area (Å²) >= 11 is 1.73. The van der Waals surface area contributed by atoms with Crippen molar-refractivity contribution in [2.45, 2.75) is 57.8 Å². The number of fused-ring (bicyclic) bond motifs is 1. The first-order chi connectivity index (χ1) is 11.5. The molecule has 2 aliphatic rings. The second-order valence-corrected chi connectivity index (χ2v) is 8.03. The maximum absolute atomic E-state index is 12.6. The van der Waals surface area contributed by atoms with E-state index >= 15 is 0 Å². The maximum Gasteiger partial charge on any atom is 0.410 e. The van der Waals surface area contributed by atoms with Crippen LogP contribution in [0.5, 0.6) is 0 Å². The van der Waals surface area contributed by atoms with E-state index in [2.05, 4.69) is 25.3 Å². The van der Waals surface area contributed by atoms with Gasteiger partial charge in [-0.15, -0.1) is 11.3 Å². The van der Waals surface area contributed by atoms with Crippen LogP contribution in [0.2, 0.25) is 0 Å². The van der Waals surface area contributed by atoms with E-state index in [0.717, 1.165) is 25.7 Å². The van der Waals surface area contributed by atoms with Gasteiger partial charge in [0.2, 0.25) is 0 Å². The van der Waals surface area contributed by atoms with E-state index in [9.17, 15) is 9.59 Å². The zero-order chi connectivity index (χ0) is 17.1. The van der Waals surface area contributed by atoms with Gasteiger partial charge in [-0.25, -0.2) is 4.79 Å². The Labute approximate surface area is 146 Å². The number of aryl methyl sites for hydroxylation is 1. The van der Waals surface area contributed by atoms with Gasteiger partial charge in [0.15, 0.2) is 5.78 Å². The fourth-order valence-corrected chi connectivity index (χ4v) is 4.24. The zero-order valence-electron chi connectivity index (χ0n) is 14.3. The van der Waals surface area contributed by atoms with Crippen molar-refractivity contribution in [2.24, 2.45) is 5.92 Å². The molecule has 0 saturated carbocycles. The highest BCUT2D eigenvalue weighted by Gasteiger charge is 2.47. The van der Waals surface area contributed by atoms with Crippen molar-refractivity contribution in [1.29, 1.82) is 0 Å². The van der Waals surface area contributed by atoms with Crippen LogP contribution in [0.25, 0.3) is 0 Å². The van der Waals surface area contributed by atoms with Gasteiger partial charge in [-0.1, -0.05) is 19.9 Å². The number of rotatable bonds is 6. The molecule has 132 valence electrons. The predicted molar refractivity (Wildman–Crippen MR) is 92.2 cm³/mol. The molecule has 2 aliphatic heterocycles. The number of nitrogens with zero attached hydrogens (tertiary/aromatic N) is 1. The van der Waals surface area contributed by atoms with Crippen LogP contribution in [0.1, 0.15) is 38.0 Å². The van der Waals surface area contributed by atoms with Crippen molar-refractivity contribution in [3.63, 3.8) is 0 Å². The third kappa shape index (κ3) is 3.98. The molecule has 3 heterocycles. The van der Waals surface area contributed by atoms with E-state index in [1.165, 1.54) is 4.88 Å². The molecule has 1 amide bonds. The second-order valence-electron chi connectivity index (χ2n) is 7.00. The molecule has 0 spiro atoms. The van der Waals surface area contributed by atoms with Crippen LogP contribution < -0.4 is 0 Å². The fourth-order valence-electron chi connectivity index (χ4n) is 3.52. The lowest BCUT2D eigenvalue weighted by Crippen LogP contribution is -2.43. The normalized spacial score (nSPS) is 24.5. The van der Waals surface area contributed by atoms with Crippen molar-refractivity contribution in [3.8, 4) is 0 Å². The van der Waals surface area contributed by atoms with Gasteiger partial charge in [0, 0.05) is 11.4 Å². The van der Waals surface area contributed by atoms with Crippen LogP contribution in [0.15, 0.2) is 17.5 Å². The van der Waals surface area contributed by atoms with Gasteiger partial charge < -0.3 is 9.47 Å². The number of amides is 1. The third-order valence-corrected chi connectivity index (χ3v) is 5.58. The van der Waals surface area contributed by atoms with E-state index in [1.807, 2.05) is 6.07 Å². The van der Waals surface area contributed by atoms with Crippen molar-refractivity contribution in [1.82, 2.24) is 4.90 Å². The summed E-state index contributed by atoms with van der Waals surface area (Å²) in [4.78, 5) is 27.4. The summed E-state index contributed by atoms with van der Waals surface area (Å²) in [6.07, 6.45) is 2.67. The molecule has 0 radical (unpaired) electrons. The number of hydrogen-bond donors (Lipinski definition) is 0. The summed E-state index contributed by atoms with van der Waals surface area (Å²) in [6.45, 7) is 4.92. The van der Waals surface area contributed by atoms with Crippen LogP contribution in [0, 0.1) is 5.92 Å². The Balaban J connectivity index is 1.59. The molecular formula is C18H25NO4S. The van der Waals surface area contributed by atoms with E-state index < -0.39 is 6.04 Å². The van der Waals surface area contributed by atoms with Crippen molar-refractivity contribution in [2.75, 3.05) is 13.2 Å². The average Bonchev–Trinajstić information content (AvgIpc) is 3.23. The Bertz CT molecular complexity index is 572. The minimum atomic E-state index is -0.436. The molecule has 5 nitrogen and oxygen atoms in total. The van der Waals surface area contributed by atoms with Gasteiger partial charge >= 0.3 is 6.09 Å². The second kappa shape index (κ2) is 7.66. The summed E-state index contributed by atoms with van der Waals surface area (Å²) in [7, 11) is 0. The minimum absolute atomic E-state index is 0.00607. The lowest BCUT2D eigenvalue weighted by molar-refractivity contribution is -0.121. The van der Waals surface area contributed by atoms with Crippen LogP contribution in [-0.2, 0) is 20.7 Å². The molecule has 0 N–H and O–H groups in total. The van der Waals surface area contributed by atoms with E-state index in [1.54, 1.807) is 16.2 Å². The standard InChI is InChI=1S/C18H25NO4S/c1-12(2)10-13(5-6-14-4-3-9-24-14)23-18(21)19-8-7-16-17(19)15(20)11-22-16/h3-4,9,12-13,16-17H,5-8,10-11H2,1-2H3/t13?,16-,17-/m1/s1. The number of Topliss-reactive ketones (excluding diaryl/α,β-unsaturated/α-hetero) is 1. The van der Waals surface area contributed by atoms with E-state index in [-0.39, 0.29) is 30.7 Å². The number of likely N-dealkylation sites (tertiary alicyclic amines) is 1. The van der Waals surface area contributed by atoms with Crippen LogP contribution in [0.4, 0.5) is 4.79 Å². The Kier molecular flexibility index (Phi) is 5.56. The van der Waals surface area contributed by atoms with Crippen LogP contribution >= 0.6 is 11.3 Å². The summed E-state index contributed by atoms with van der Waals surface area (Å²) < 4.78 is 11.2. The van der Waals surface area contributed by atoms with Crippen molar-refractivity contribution < 1.29 is 19.1 Å². The Morgan fingerprint density at radius 1 is 1.50 bits per heavy atom. The fraction of sp³-hybridized carbons (Fsp3) is 0.667.